The van der Waals surface area contributed by atoms with Crippen molar-refractivity contribution in [3.63, 3.8) is 0 Å². The van der Waals surface area contributed by atoms with Gasteiger partial charge in [-0.1, -0.05) is 20.8 Å². The number of anilines is 1. The van der Waals surface area contributed by atoms with Crippen molar-refractivity contribution in [2.75, 3.05) is 5.32 Å². The van der Waals surface area contributed by atoms with Crippen LogP contribution in [0.25, 0.3) is 10.9 Å². The number of nitrogens with one attached hydrogen (secondary N) is 2. The van der Waals surface area contributed by atoms with E-state index in [0.29, 0.717) is 5.69 Å². The maximum Gasteiger partial charge on any atom is 0.323 e. The standard InChI is InChI=1S/C18H23N3O4/c1-11(19-17(25)18(2,3)4)16(24)20-13-5-6-14-12(9-13)7-8-21(14)10-15(22)23/h5-9,11H,10H2,1-4H3,(H,19,25)(H,20,24)(H,22,23). The Morgan fingerprint density at radius 3 is 2.48 bits per heavy atom. The first-order valence-corrected chi connectivity index (χ1v) is 8.00. The van der Waals surface area contributed by atoms with E-state index in [1.54, 1.807) is 62.7 Å². The van der Waals surface area contributed by atoms with E-state index < -0.39 is 17.4 Å². The highest BCUT2D eigenvalue weighted by molar-refractivity contribution is 5.99. The largest absolute Gasteiger partial charge is 0.480 e. The van der Waals surface area contributed by atoms with Gasteiger partial charge in [0, 0.05) is 28.2 Å². The molecule has 0 radical (unpaired) electrons. The molecule has 0 fully saturated rings. The van der Waals surface area contributed by atoms with Crippen LogP contribution in [0.2, 0.25) is 0 Å². The Bertz CT molecular complexity index is 817. The maximum atomic E-state index is 12.3. The van der Waals surface area contributed by atoms with Gasteiger partial charge in [0.2, 0.25) is 11.8 Å². The molecular formula is C18H23N3O4. The lowest BCUT2D eigenvalue weighted by Gasteiger charge is -2.21. The van der Waals surface area contributed by atoms with Crippen LogP contribution in [-0.4, -0.2) is 33.5 Å². The van der Waals surface area contributed by atoms with Gasteiger partial charge in [0.1, 0.15) is 12.6 Å². The average Bonchev–Trinajstić information content (AvgIpc) is 2.87. The second-order valence-electron chi connectivity index (χ2n) is 7.05. The Kier molecular flexibility index (Phi) is 5.15. The summed E-state index contributed by atoms with van der Waals surface area (Å²) >= 11 is 0. The van der Waals surface area contributed by atoms with Crippen molar-refractivity contribution in [3.8, 4) is 0 Å². The number of aliphatic carboxylic acids is 1. The minimum atomic E-state index is -0.918. The van der Waals surface area contributed by atoms with Crippen molar-refractivity contribution in [3.05, 3.63) is 30.5 Å². The predicted molar refractivity (Wildman–Crippen MR) is 95.3 cm³/mol. The summed E-state index contributed by atoms with van der Waals surface area (Å²) in [5.41, 5.74) is 0.789. The number of benzene rings is 1. The zero-order chi connectivity index (χ0) is 18.8. The van der Waals surface area contributed by atoms with Crippen LogP contribution in [0.5, 0.6) is 0 Å². The number of carbonyl (C=O) groups excluding carboxylic acids is 2. The lowest BCUT2D eigenvalue weighted by atomic mass is 9.95. The minimum absolute atomic E-state index is 0.120. The molecule has 0 aliphatic heterocycles. The number of hydrogen-bond donors (Lipinski definition) is 3. The molecule has 0 saturated carbocycles. The summed E-state index contributed by atoms with van der Waals surface area (Å²) in [5.74, 6) is -1.43. The second-order valence-corrected chi connectivity index (χ2v) is 7.05. The fourth-order valence-corrected chi connectivity index (χ4v) is 2.29. The molecule has 3 N–H and O–H groups in total. The lowest BCUT2D eigenvalue weighted by Crippen LogP contribution is -2.46. The molecule has 0 spiro atoms. The summed E-state index contributed by atoms with van der Waals surface area (Å²) in [6.07, 6.45) is 1.69. The minimum Gasteiger partial charge on any atom is -0.480 e. The first-order valence-electron chi connectivity index (χ1n) is 8.00. The molecule has 1 aromatic carbocycles. The van der Waals surface area contributed by atoms with Gasteiger partial charge in [-0.3, -0.25) is 14.4 Å². The summed E-state index contributed by atoms with van der Waals surface area (Å²) in [6, 6.07) is 6.35. The maximum absolute atomic E-state index is 12.3. The summed E-state index contributed by atoms with van der Waals surface area (Å²) < 4.78 is 1.62. The molecule has 2 amide bonds. The number of carboxylic acids is 1. The number of carboxylic acid groups (broad SMARTS) is 1. The van der Waals surface area contributed by atoms with E-state index in [9.17, 15) is 14.4 Å². The van der Waals surface area contributed by atoms with E-state index in [4.69, 9.17) is 5.11 Å². The fourth-order valence-electron chi connectivity index (χ4n) is 2.29. The zero-order valence-electron chi connectivity index (χ0n) is 14.8. The zero-order valence-corrected chi connectivity index (χ0v) is 14.8. The number of rotatable bonds is 5. The highest BCUT2D eigenvalue weighted by Gasteiger charge is 2.25. The third-order valence-corrected chi connectivity index (χ3v) is 3.77. The Hall–Kier alpha value is -2.83. The van der Waals surface area contributed by atoms with Crippen LogP contribution in [-0.2, 0) is 20.9 Å². The summed E-state index contributed by atoms with van der Waals surface area (Å²) in [7, 11) is 0. The van der Waals surface area contributed by atoms with Gasteiger partial charge in [0.15, 0.2) is 0 Å². The number of nitrogens with zero attached hydrogens (tertiary/aromatic N) is 1. The van der Waals surface area contributed by atoms with Gasteiger partial charge in [0.05, 0.1) is 0 Å². The molecule has 1 unspecified atom stereocenters. The van der Waals surface area contributed by atoms with Crippen LogP contribution in [0.3, 0.4) is 0 Å². The first kappa shape index (κ1) is 18.5. The van der Waals surface area contributed by atoms with Crippen LogP contribution >= 0.6 is 0 Å². The van der Waals surface area contributed by atoms with E-state index in [0.717, 1.165) is 10.9 Å². The van der Waals surface area contributed by atoms with Gasteiger partial charge in [0.25, 0.3) is 0 Å². The molecule has 1 heterocycles. The van der Waals surface area contributed by atoms with Gasteiger partial charge >= 0.3 is 5.97 Å². The van der Waals surface area contributed by atoms with Crippen LogP contribution in [0.1, 0.15) is 27.7 Å². The molecule has 7 heteroatoms. The molecule has 0 saturated heterocycles. The molecule has 2 aromatic rings. The summed E-state index contributed by atoms with van der Waals surface area (Å²) in [5, 5.41) is 15.2. The van der Waals surface area contributed by atoms with E-state index >= 15 is 0 Å². The number of fused-ring (bicyclic) bond motifs is 1. The van der Waals surface area contributed by atoms with Crippen LogP contribution < -0.4 is 10.6 Å². The monoisotopic (exact) mass is 345 g/mol. The van der Waals surface area contributed by atoms with Crippen molar-refractivity contribution in [2.24, 2.45) is 5.41 Å². The van der Waals surface area contributed by atoms with Gasteiger partial charge in [-0.2, -0.15) is 0 Å². The molecule has 25 heavy (non-hydrogen) atoms. The van der Waals surface area contributed by atoms with Crippen LogP contribution in [0.15, 0.2) is 30.5 Å². The Balaban J connectivity index is 2.08. The normalized spacial score (nSPS) is 12.6. The van der Waals surface area contributed by atoms with Crippen LogP contribution in [0, 0.1) is 5.41 Å². The topological polar surface area (TPSA) is 100 Å². The van der Waals surface area contributed by atoms with Gasteiger partial charge < -0.3 is 20.3 Å². The quantitative estimate of drug-likeness (QED) is 0.773. The van der Waals surface area contributed by atoms with Crippen molar-refractivity contribution in [2.45, 2.75) is 40.3 Å². The molecular weight excluding hydrogens is 322 g/mol. The molecule has 1 aromatic heterocycles. The van der Waals surface area contributed by atoms with E-state index in [2.05, 4.69) is 10.6 Å². The third-order valence-electron chi connectivity index (χ3n) is 3.77. The molecule has 1 atom stereocenters. The van der Waals surface area contributed by atoms with Gasteiger partial charge in [-0.25, -0.2) is 0 Å². The Morgan fingerprint density at radius 2 is 1.88 bits per heavy atom. The van der Waals surface area contributed by atoms with Gasteiger partial charge in [-0.15, -0.1) is 0 Å². The fraction of sp³-hybridized carbons (Fsp3) is 0.389. The Morgan fingerprint density at radius 1 is 1.20 bits per heavy atom. The highest BCUT2D eigenvalue weighted by atomic mass is 16.4. The molecule has 7 nitrogen and oxygen atoms in total. The molecule has 134 valence electrons. The molecule has 2 rings (SSSR count). The average molecular weight is 345 g/mol. The van der Waals surface area contributed by atoms with Crippen molar-refractivity contribution >= 4 is 34.4 Å². The summed E-state index contributed by atoms with van der Waals surface area (Å²) in [6.45, 7) is 6.85. The number of amides is 2. The number of hydrogen-bond acceptors (Lipinski definition) is 3. The highest BCUT2D eigenvalue weighted by Crippen LogP contribution is 2.21. The van der Waals surface area contributed by atoms with E-state index in [-0.39, 0.29) is 18.4 Å². The number of carbonyl (C=O) groups is 3. The second kappa shape index (κ2) is 6.96. The first-order chi connectivity index (χ1) is 11.6. The van der Waals surface area contributed by atoms with E-state index in [1.807, 2.05) is 0 Å². The number of aromatic nitrogens is 1. The summed E-state index contributed by atoms with van der Waals surface area (Å²) in [4.78, 5) is 35.1. The van der Waals surface area contributed by atoms with Crippen molar-refractivity contribution in [1.29, 1.82) is 0 Å². The van der Waals surface area contributed by atoms with Gasteiger partial charge in [-0.05, 0) is 31.2 Å². The molecule has 0 aliphatic carbocycles. The molecule has 0 aliphatic rings. The van der Waals surface area contributed by atoms with Crippen LogP contribution in [0.4, 0.5) is 5.69 Å². The Labute approximate surface area is 146 Å². The van der Waals surface area contributed by atoms with E-state index in [1.165, 1.54) is 0 Å². The SMILES string of the molecule is CC(NC(=O)C(C)(C)C)C(=O)Nc1ccc2c(ccn2CC(=O)O)c1. The lowest BCUT2D eigenvalue weighted by molar-refractivity contribution is -0.137. The third kappa shape index (κ3) is 4.59. The van der Waals surface area contributed by atoms with Crippen molar-refractivity contribution in [1.82, 2.24) is 9.88 Å². The molecule has 0 bridgehead atoms. The van der Waals surface area contributed by atoms with Crippen molar-refractivity contribution < 1.29 is 19.5 Å². The smallest absolute Gasteiger partial charge is 0.323 e. The predicted octanol–water partition coefficient (Wildman–Crippen LogP) is 2.22.